The summed E-state index contributed by atoms with van der Waals surface area (Å²) in [7, 11) is -1.21. The second-order valence-electron chi connectivity index (χ2n) is 7.81. The SMILES string of the molecule is CN(c1ncnc2[nH]ccc12)[C@H]1CC[C@H](CS(=O)(=O)NCc2ccccc2)CC1. The summed E-state index contributed by atoms with van der Waals surface area (Å²) < 4.78 is 27.7. The fourth-order valence-electron chi connectivity index (χ4n) is 4.17. The summed E-state index contributed by atoms with van der Waals surface area (Å²) in [5, 5.41) is 1.02. The zero-order valence-corrected chi connectivity index (χ0v) is 17.4. The van der Waals surface area contributed by atoms with Crippen molar-refractivity contribution in [1.29, 1.82) is 0 Å². The third-order valence-electron chi connectivity index (χ3n) is 5.83. The number of benzene rings is 1. The van der Waals surface area contributed by atoms with Crippen molar-refractivity contribution in [3.8, 4) is 0 Å². The molecule has 29 heavy (non-hydrogen) atoms. The van der Waals surface area contributed by atoms with E-state index in [9.17, 15) is 8.42 Å². The minimum absolute atomic E-state index is 0.200. The van der Waals surface area contributed by atoms with E-state index < -0.39 is 10.0 Å². The van der Waals surface area contributed by atoms with E-state index in [1.807, 2.05) is 42.6 Å². The van der Waals surface area contributed by atoms with Crippen LogP contribution < -0.4 is 9.62 Å². The topological polar surface area (TPSA) is 91.0 Å². The van der Waals surface area contributed by atoms with Crippen LogP contribution in [0.2, 0.25) is 0 Å². The summed E-state index contributed by atoms with van der Waals surface area (Å²) in [6.07, 6.45) is 7.20. The highest BCUT2D eigenvalue weighted by molar-refractivity contribution is 7.89. The van der Waals surface area contributed by atoms with Gasteiger partial charge in [-0.2, -0.15) is 0 Å². The number of nitrogens with one attached hydrogen (secondary N) is 2. The van der Waals surface area contributed by atoms with Crippen LogP contribution in [0.4, 0.5) is 5.82 Å². The molecule has 7 nitrogen and oxygen atoms in total. The largest absolute Gasteiger partial charge is 0.356 e. The molecular weight excluding hydrogens is 386 g/mol. The number of hydrogen-bond donors (Lipinski definition) is 2. The van der Waals surface area contributed by atoms with E-state index in [0.29, 0.717) is 12.6 Å². The van der Waals surface area contributed by atoms with Crippen molar-refractivity contribution in [2.75, 3.05) is 17.7 Å². The Kier molecular flexibility index (Phi) is 5.82. The summed E-state index contributed by atoms with van der Waals surface area (Å²) in [6.45, 7) is 0.349. The molecule has 154 valence electrons. The number of aromatic amines is 1. The molecule has 1 aromatic carbocycles. The Morgan fingerprint density at radius 1 is 1.10 bits per heavy atom. The van der Waals surface area contributed by atoms with Crippen molar-refractivity contribution in [3.63, 3.8) is 0 Å². The number of sulfonamides is 1. The molecule has 0 atom stereocenters. The molecule has 1 saturated carbocycles. The van der Waals surface area contributed by atoms with Crippen LogP contribution in [0.5, 0.6) is 0 Å². The van der Waals surface area contributed by atoms with E-state index in [1.54, 1.807) is 6.33 Å². The zero-order chi connectivity index (χ0) is 20.3. The number of hydrogen-bond acceptors (Lipinski definition) is 5. The maximum Gasteiger partial charge on any atom is 0.212 e. The van der Waals surface area contributed by atoms with Gasteiger partial charge in [-0.1, -0.05) is 30.3 Å². The minimum atomic E-state index is -3.28. The first kappa shape index (κ1) is 19.8. The Morgan fingerprint density at radius 2 is 1.86 bits per heavy atom. The molecule has 3 aromatic rings. The van der Waals surface area contributed by atoms with Crippen LogP contribution in [0.1, 0.15) is 31.2 Å². The lowest BCUT2D eigenvalue weighted by molar-refractivity contribution is 0.340. The number of anilines is 1. The van der Waals surface area contributed by atoms with Crippen LogP contribution in [0, 0.1) is 5.92 Å². The molecule has 1 aliphatic rings. The maximum absolute atomic E-state index is 12.5. The van der Waals surface area contributed by atoms with Crippen LogP contribution in [0.25, 0.3) is 11.0 Å². The molecule has 2 N–H and O–H groups in total. The molecule has 2 aromatic heterocycles. The molecule has 1 fully saturated rings. The summed E-state index contributed by atoms with van der Waals surface area (Å²) >= 11 is 0. The fraction of sp³-hybridized carbons (Fsp3) is 0.429. The molecule has 8 heteroatoms. The predicted molar refractivity (Wildman–Crippen MR) is 115 cm³/mol. The highest BCUT2D eigenvalue weighted by Crippen LogP contribution is 2.31. The summed E-state index contributed by atoms with van der Waals surface area (Å²) in [5.41, 5.74) is 1.81. The average molecular weight is 414 g/mol. The maximum atomic E-state index is 12.5. The Bertz CT molecular complexity index is 1040. The molecule has 0 aliphatic heterocycles. The molecule has 0 bridgehead atoms. The van der Waals surface area contributed by atoms with E-state index in [4.69, 9.17) is 0 Å². The third-order valence-corrected chi connectivity index (χ3v) is 7.32. The van der Waals surface area contributed by atoms with Gasteiger partial charge in [0, 0.05) is 25.8 Å². The van der Waals surface area contributed by atoms with E-state index in [-0.39, 0.29) is 11.7 Å². The molecule has 2 heterocycles. The summed E-state index contributed by atoms with van der Waals surface area (Å²) in [6, 6.07) is 12.0. The molecular formula is C21H27N5O2S. The molecule has 4 rings (SSSR count). The second kappa shape index (κ2) is 8.51. The lowest BCUT2D eigenvalue weighted by atomic mass is 9.86. The lowest BCUT2D eigenvalue weighted by Crippen LogP contribution is -2.38. The van der Waals surface area contributed by atoms with Crippen molar-refractivity contribution in [1.82, 2.24) is 19.7 Å². The van der Waals surface area contributed by atoms with Crippen LogP contribution in [0.3, 0.4) is 0 Å². The average Bonchev–Trinajstić information content (AvgIpc) is 3.22. The highest BCUT2D eigenvalue weighted by Gasteiger charge is 2.28. The standard InChI is InChI=1S/C21H27N5O2S/c1-26(21-19-11-12-22-20(19)23-15-24-21)18-9-7-17(8-10-18)14-29(27,28)25-13-16-5-3-2-4-6-16/h2-6,11-12,15,17-18,25H,7-10,13-14H2,1H3,(H,22,23,24)/t17-,18-. The van der Waals surface area contributed by atoms with Gasteiger partial charge in [-0.3, -0.25) is 0 Å². The van der Waals surface area contributed by atoms with Crippen LogP contribution in [0.15, 0.2) is 48.9 Å². The number of H-pyrrole nitrogens is 1. The van der Waals surface area contributed by atoms with Crippen molar-refractivity contribution in [2.24, 2.45) is 5.92 Å². The Hall–Kier alpha value is -2.45. The molecule has 0 unspecified atom stereocenters. The minimum Gasteiger partial charge on any atom is -0.356 e. The fourth-order valence-corrected chi connectivity index (χ4v) is 5.63. The third kappa shape index (κ3) is 4.76. The van der Waals surface area contributed by atoms with Crippen molar-refractivity contribution < 1.29 is 8.42 Å². The summed E-state index contributed by atoms with van der Waals surface area (Å²) in [4.78, 5) is 14.1. The van der Waals surface area contributed by atoms with Crippen molar-refractivity contribution in [2.45, 2.75) is 38.3 Å². The number of aromatic nitrogens is 3. The van der Waals surface area contributed by atoms with Gasteiger partial charge in [-0.25, -0.2) is 23.1 Å². The van der Waals surface area contributed by atoms with Gasteiger partial charge in [-0.05, 0) is 43.2 Å². The first-order valence-corrected chi connectivity index (χ1v) is 11.7. The zero-order valence-electron chi connectivity index (χ0n) is 16.6. The molecule has 1 aliphatic carbocycles. The number of nitrogens with zero attached hydrogens (tertiary/aromatic N) is 3. The van der Waals surface area contributed by atoms with Crippen LogP contribution in [-0.2, 0) is 16.6 Å². The Balaban J connectivity index is 1.31. The van der Waals surface area contributed by atoms with Crippen LogP contribution >= 0.6 is 0 Å². The molecule has 0 saturated heterocycles. The molecule has 0 amide bonds. The van der Waals surface area contributed by atoms with Gasteiger partial charge in [0.25, 0.3) is 0 Å². The normalized spacial score (nSPS) is 20.0. The van der Waals surface area contributed by atoms with Gasteiger partial charge < -0.3 is 9.88 Å². The van der Waals surface area contributed by atoms with Crippen LogP contribution in [-0.4, -0.2) is 42.2 Å². The van der Waals surface area contributed by atoms with E-state index >= 15 is 0 Å². The first-order valence-electron chi connectivity index (χ1n) is 10.0. The van der Waals surface area contributed by atoms with Crippen molar-refractivity contribution in [3.05, 3.63) is 54.5 Å². The summed E-state index contributed by atoms with van der Waals surface area (Å²) in [5.74, 6) is 1.33. The van der Waals surface area contributed by atoms with Gasteiger partial charge >= 0.3 is 0 Å². The van der Waals surface area contributed by atoms with E-state index in [2.05, 4.69) is 31.6 Å². The van der Waals surface area contributed by atoms with E-state index in [0.717, 1.165) is 48.1 Å². The van der Waals surface area contributed by atoms with Gasteiger partial charge in [0.2, 0.25) is 10.0 Å². The van der Waals surface area contributed by atoms with Crippen molar-refractivity contribution >= 4 is 26.9 Å². The number of fused-ring (bicyclic) bond motifs is 1. The highest BCUT2D eigenvalue weighted by atomic mass is 32.2. The van der Waals surface area contributed by atoms with Gasteiger partial charge in [-0.15, -0.1) is 0 Å². The smallest absolute Gasteiger partial charge is 0.212 e. The van der Waals surface area contributed by atoms with Gasteiger partial charge in [0.15, 0.2) is 0 Å². The Morgan fingerprint density at radius 3 is 2.62 bits per heavy atom. The molecule has 0 spiro atoms. The molecule has 0 radical (unpaired) electrons. The second-order valence-corrected chi connectivity index (χ2v) is 9.66. The number of rotatable bonds is 7. The first-order chi connectivity index (χ1) is 14.0. The van der Waals surface area contributed by atoms with Gasteiger partial charge in [0.1, 0.15) is 17.8 Å². The van der Waals surface area contributed by atoms with E-state index in [1.165, 1.54) is 0 Å². The van der Waals surface area contributed by atoms with Gasteiger partial charge in [0.05, 0.1) is 11.1 Å². The Labute approximate surface area is 171 Å². The quantitative estimate of drug-likeness (QED) is 0.621. The monoisotopic (exact) mass is 413 g/mol. The predicted octanol–water partition coefficient (Wildman–Crippen LogP) is 3.07. The lowest BCUT2D eigenvalue weighted by Gasteiger charge is -2.35.